The summed E-state index contributed by atoms with van der Waals surface area (Å²) in [4.78, 5) is 29.3. The predicted octanol–water partition coefficient (Wildman–Crippen LogP) is 1.95. The normalized spacial score (nSPS) is 22.9. The van der Waals surface area contributed by atoms with Gasteiger partial charge in [0, 0.05) is 56.9 Å². The number of carbonyl (C=O) groups excluding carboxylic acids is 1. The number of carbonyl (C=O) groups is 1. The molecule has 0 bridgehead atoms. The molecule has 176 valence electrons. The monoisotopic (exact) mass is 450 g/mol. The zero-order valence-corrected chi connectivity index (χ0v) is 19.4. The molecule has 2 aromatic rings. The molecule has 1 aromatic heterocycles. The average Bonchev–Trinajstić information content (AvgIpc) is 2.88. The summed E-state index contributed by atoms with van der Waals surface area (Å²) in [6.45, 7) is 6.38. The van der Waals surface area contributed by atoms with Crippen LogP contribution in [0.5, 0.6) is 5.75 Å². The molecule has 5 rings (SSSR count). The van der Waals surface area contributed by atoms with Crippen molar-refractivity contribution in [1.29, 1.82) is 0 Å². The predicted molar refractivity (Wildman–Crippen MR) is 129 cm³/mol. The average molecular weight is 451 g/mol. The Morgan fingerprint density at radius 1 is 1.15 bits per heavy atom. The Bertz CT molecular complexity index is 949. The topological polar surface area (TPSA) is 73.8 Å². The van der Waals surface area contributed by atoms with Crippen molar-refractivity contribution in [3.05, 3.63) is 42.4 Å². The number of benzene rings is 1. The van der Waals surface area contributed by atoms with Crippen LogP contribution in [0.3, 0.4) is 0 Å². The zero-order chi connectivity index (χ0) is 22.6. The Kier molecular flexibility index (Phi) is 6.62. The van der Waals surface area contributed by atoms with Gasteiger partial charge in [0.1, 0.15) is 11.6 Å². The van der Waals surface area contributed by atoms with Crippen molar-refractivity contribution < 1.29 is 9.53 Å². The van der Waals surface area contributed by atoms with Crippen molar-refractivity contribution in [3.63, 3.8) is 0 Å². The molecule has 0 radical (unpaired) electrons. The number of ether oxygens (including phenoxy) is 1. The molecule has 3 aliphatic rings. The molecule has 0 saturated carbocycles. The van der Waals surface area contributed by atoms with Crippen molar-refractivity contribution in [3.8, 4) is 5.75 Å². The van der Waals surface area contributed by atoms with Gasteiger partial charge in [-0.2, -0.15) is 0 Å². The van der Waals surface area contributed by atoms with Gasteiger partial charge in [-0.1, -0.05) is 12.5 Å². The molecule has 2 saturated heterocycles. The molecule has 0 unspecified atom stereocenters. The second-order valence-corrected chi connectivity index (χ2v) is 9.27. The summed E-state index contributed by atoms with van der Waals surface area (Å²) in [5.74, 6) is 1.78. The standard InChI is InChI=1S/C25H34N6O2/c1-33-20-6-5-19-15-21(25(32)28-9-12-29-10-3-2-4-11-29)23-18-30(24-17-26-7-8-27-24)13-14-31(23)22(19)16-20/h5-8,16-17,21,23H,2-4,9-15,18H2,1H3,(H,28,32)/t21-,23-/m0/s1. The summed E-state index contributed by atoms with van der Waals surface area (Å²) >= 11 is 0. The third-order valence-corrected chi connectivity index (χ3v) is 7.31. The molecule has 8 heteroatoms. The van der Waals surface area contributed by atoms with E-state index in [9.17, 15) is 4.79 Å². The van der Waals surface area contributed by atoms with Gasteiger partial charge in [0.15, 0.2) is 0 Å². The maximum Gasteiger partial charge on any atom is 0.225 e. The van der Waals surface area contributed by atoms with Crippen LogP contribution in [0, 0.1) is 5.92 Å². The fraction of sp³-hybridized carbons (Fsp3) is 0.560. The first-order valence-corrected chi connectivity index (χ1v) is 12.2. The van der Waals surface area contributed by atoms with Gasteiger partial charge in [-0.25, -0.2) is 4.98 Å². The van der Waals surface area contributed by atoms with Crippen LogP contribution in [-0.2, 0) is 11.2 Å². The molecule has 1 aromatic carbocycles. The number of nitrogens with one attached hydrogen (secondary N) is 1. The number of aromatic nitrogens is 2. The van der Waals surface area contributed by atoms with Gasteiger partial charge in [-0.15, -0.1) is 0 Å². The van der Waals surface area contributed by atoms with E-state index < -0.39 is 0 Å². The molecule has 4 heterocycles. The molecule has 2 atom stereocenters. The third-order valence-electron chi connectivity index (χ3n) is 7.31. The molecule has 3 aliphatic heterocycles. The minimum atomic E-state index is -0.105. The minimum Gasteiger partial charge on any atom is -0.497 e. The van der Waals surface area contributed by atoms with Crippen molar-refractivity contribution >= 4 is 17.4 Å². The molecule has 8 nitrogen and oxygen atoms in total. The Balaban J connectivity index is 1.34. The Morgan fingerprint density at radius 3 is 2.82 bits per heavy atom. The Labute approximate surface area is 195 Å². The lowest BCUT2D eigenvalue weighted by atomic mass is 9.83. The Morgan fingerprint density at radius 2 is 2.03 bits per heavy atom. The van der Waals surface area contributed by atoms with Crippen LogP contribution in [0.2, 0.25) is 0 Å². The molecule has 0 spiro atoms. The van der Waals surface area contributed by atoms with Crippen molar-refractivity contribution in [2.75, 3.05) is 62.7 Å². The highest BCUT2D eigenvalue weighted by Crippen LogP contribution is 2.38. The van der Waals surface area contributed by atoms with Crippen LogP contribution >= 0.6 is 0 Å². The maximum atomic E-state index is 13.4. The van der Waals surface area contributed by atoms with E-state index in [0.717, 1.165) is 57.3 Å². The van der Waals surface area contributed by atoms with E-state index in [0.29, 0.717) is 6.54 Å². The van der Waals surface area contributed by atoms with Gasteiger partial charge in [-0.05, 0) is 44.0 Å². The quantitative estimate of drug-likeness (QED) is 0.721. The fourth-order valence-electron chi connectivity index (χ4n) is 5.52. The summed E-state index contributed by atoms with van der Waals surface area (Å²) in [6, 6.07) is 6.31. The lowest BCUT2D eigenvalue weighted by molar-refractivity contribution is -0.125. The summed E-state index contributed by atoms with van der Waals surface area (Å²) in [5.41, 5.74) is 2.41. The van der Waals surface area contributed by atoms with Crippen molar-refractivity contribution in [2.45, 2.75) is 31.7 Å². The van der Waals surface area contributed by atoms with Crippen LogP contribution in [0.1, 0.15) is 24.8 Å². The number of methoxy groups -OCH3 is 1. The number of rotatable bonds is 6. The SMILES string of the molecule is COc1ccc2c(c1)N1CCN(c3cnccn3)C[C@H]1[C@@H](C(=O)NCCN1CCCCC1)C2. The number of nitrogens with zero attached hydrogens (tertiary/aromatic N) is 5. The lowest BCUT2D eigenvalue weighted by Crippen LogP contribution is -2.61. The van der Waals surface area contributed by atoms with Crippen LogP contribution in [0.15, 0.2) is 36.8 Å². The first-order chi connectivity index (χ1) is 16.2. The van der Waals surface area contributed by atoms with E-state index in [1.165, 1.54) is 30.5 Å². The lowest BCUT2D eigenvalue weighted by Gasteiger charge is -2.49. The van der Waals surface area contributed by atoms with Crippen LogP contribution in [0.4, 0.5) is 11.5 Å². The first kappa shape index (κ1) is 21.9. The third kappa shape index (κ3) is 4.76. The van der Waals surface area contributed by atoms with Gasteiger partial charge in [-0.3, -0.25) is 9.78 Å². The molecule has 1 amide bonds. The van der Waals surface area contributed by atoms with E-state index in [4.69, 9.17) is 4.74 Å². The van der Waals surface area contributed by atoms with Crippen molar-refractivity contribution in [2.24, 2.45) is 5.92 Å². The number of piperazine rings is 1. The highest BCUT2D eigenvalue weighted by Gasteiger charge is 2.42. The summed E-state index contributed by atoms with van der Waals surface area (Å²) in [7, 11) is 1.70. The number of likely N-dealkylation sites (tertiary alicyclic amines) is 1. The fourth-order valence-corrected chi connectivity index (χ4v) is 5.52. The molecule has 1 N–H and O–H groups in total. The van der Waals surface area contributed by atoms with Gasteiger partial charge in [0.2, 0.25) is 5.91 Å². The molecular weight excluding hydrogens is 416 g/mol. The van der Waals surface area contributed by atoms with Crippen molar-refractivity contribution in [1.82, 2.24) is 20.2 Å². The highest BCUT2D eigenvalue weighted by atomic mass is 16.5. The van der Waals surface area contributed by atoms with Crippen LogP contribution in [-0.4, -0.2) is 79.7 Å². The number of piperidine rings is 1. The second-order valence-electron chi connectivity index (χ2n) is 9.27. The number of amides is 1. The second kappa shape index (κ2) is 9.95. The van der Waals surface area contributed by atoms with Crippen LogP contribution in [0.25, 0.3) is 0 Å². The molecule has 2 fully saturated rings. The van der Waals surface area contributed by atoms with E-state index in [1.807, 2.05) is 12.3 Å². The van der Waals surface area contributed by atoms with E-state index in [2.05, 4.69) is 42.1 Å². The molecule has 0 aliphatic carbocycles. The summed E-state index contributed by atoms with van der Waals surface area (Å²) < 4.78 is 5.50. The highest BCUT2D eigenvalue weighted by molar-refractivity contribution is 5.82. The maximum absolute atomic E-state index is 13.4. The molecule has 33 heavy (non-hydrogen) atoms. The van der Waals surface area contributed by atoms with Crippen LogP contribution < -0.4 is 19.9 Å². The van der Waals surface area contributed by atoms with Gasteiger partial charge in [0.05, 0.1) is 25.3 Å². The number of hydrogen-bond donors (Lipinski definition) is 1. The van der Waals surface area contributed by atoms with Gasteiger partial charge >= 0.3 is 0 Å². The zero-order valence-electron chi connectivity index (χ0n) is 19.4. The first-order valence-electron chi connectivity index (χ1n) is 12.2. The number of hydrogen-bond acceptors (Lipinski definition) is 7. The van der Waals surface area contributed by atoms with E-state index >= 15 is 0 Å². The number of fused-ring (bicyclic) bond motifs is 3. The largest absolute Gasteiger partial charge is 0.497 e. The Hall–Kier alpha value is -2.87. The minimum absolute atomic E-state index is 0.0790. The number of anilines is 2. The summed E-state index contributed by atoms with van der Waals surface area (Å²) in [6.07, 6.45) is 9.84. The summed E-state index contributed by atoms with van der Waals surface area (Å²) in [5, 5.41) is 3.26. The van der Waals surface area contributed by atoms with E-state index in [1.54, 1.807) is 19.5 Å². The van der Waals surface area contributed by atoms with Gasteiger partial charge in [0.25, 0.3) is 0 Å². The smallest absolute Gasteiger partial charge is 0.225 e. The molecular formula is C25H34N6O2. The van der Waals surface area contributed by atoms with E-state index in [-0.39, 0.29) is 17.9 Å². The van der Waals surface area contributed by atoms with Gasteiger partial charge < -0.3 is 24.8 Å².